The van der Waals surface area contributed by atoms with Crippen LogP contribution in [0.5, 0.6) is 0 Å². The van der Waals surface area contributed by atoms with Gasteiger partial charge < -0.3 is 10.2 Å². The summed E-state index contributed by atoms with van der Waals surface area (Å²) < 4.78 is 27.0. The van der Waals surface area contributed by atoms with Crippen molar-refractivity contribution < 1.29 is 13.7 Å². The van der Waals surface area contributed by atoms with Crippen molar-refractivity contribution in [2.24, 2.45) is 5.92 Å². The minimum atomic E-state index is -1.14. The van der Waals surface area contributed by atoms with E-state index in [1.54, 1.807) is 0 Å². The van der Waals surface area contributed by atoms with Gasteiger partial charge >= 0.3 is 5.69 Å². The Kier molecular flexibility index (Phi) is 3.86. The number of nitrogens with one attached hydrogen (secondary N) is 1. The molecule has 0 amide bonds. The van der Waals surface area contributed by atoms with Crippen LogP contribution in [0.4, 0.5) is 14.5 Å². The van der Waals surface area contributed by atoms with Crippen molar-refractivity contribution in [3.05, 3.63) is 39.4 Å². The van der Waals surface area contributed by atoms with Crippen molar-refractivity contribution >= 4 is 5.69 Å². The summed E-state index contributed by atoms with van der Waals surface area (Å²) >= 11 is 0. The van der Waals surface area contributed by atoms with Crippen molar-refractivity contribution in [3.63, 3.8) is 0 Å². The van der Waals surface area contributed by atoms with Crippen LogP contribution in [0.15, 0.2) is 12.1 Å². The van der Waals surface area contributed by atoms with E-state index in [1.807, 2.05) is 0 Å². The van der Waals surface area contributed by atoms with Crippen molar-refractivity contribution in [2.75, 3.05) is 19.6 Å². The molecule has 0 aromatic heterocycles. The van der Waals surface area contributed by atoms with E-state index in [-0.39, 0.29) is 18.2 Å². The molecule has 7 heteroatoms. The predicted octanol–water partition coefficient (Wildman–Crippen LogP) is 2.06. The maximum atomic E-state index is 13.7. The monoisotopic (exact) mass is 297 g/mol. The van der Waals surface area contributed by atoms with E-state index in [9.17, 15) is 18.9 Å². The minimum absolute atomic E-state index is 0.138. The lowest BCUT2D eigenvalue weighted by atomic mass is 9.84. The van der Waals surface area contributed by atoms with Gasteiger partial charge in [-0.2, -0.15) is 4.39 Å². The summed E-state index contributed by atoms with van der Waals surface area (Å²) in [7, 11) is 0. The van der Waals surface area contributed by atoms with Gasteiger partial charge in [-0.05, 0) is 31.8 Å². The quantitative estimate of drug-likeness (QED) is 0.682. The highest BCUT2D eigenvalue weighted by molar-refractivity contribution is 5.37. The van der Waals surface area contributed by atoms with Crippen LogP contribution in [0, 0.1) is 27.7 Å². The molecule has 2 bridgehead atoms. The second-order valence-electron chi connectivity index (χ2n) is 5.78. The summed E-state index contributed by atoms with van der Waals surface area (Å²) in [6, 6.07) is 1.85. The number of nitro groups is 1. The van der Waals surface area contributed by atoms with Gasteiger partial charge in [0.15, 0.2) is 0 Å². The van der Waals surface area contributed by atoms with Crippen LogP contribution in [-0.2, 0) is 6.54 Å². The zero-order chi connectivity index (χ0) is 15.0. The molecule has 3 aliphatic heterocycles. The van der Waals surface area contributed by atoms with Gasteiger partial charge in [-0.25, -0.2) is 4.39 Å². The minimum Gasteiger partial charge on any atom is -0.308 e. The molecule has 5 nitrogen and oxygen atoms in total. The van der Waals surface area contributed by atoms with Gasteiger partial charge in [-0.3, -0.25) is 10.1 Å². The Morgan fingerprint density at radius 3 is 2.57 bits per heavy atom. The summed E-state index contributed by atoms with van der Waals surface area (Å²) in [6.45, 7) is 3.33. The van der Waals surface area contributed by atoms with Crippen LogP contribution in [0.3, 0.4) is 0 Å². The average molecular weight is 297 g/mol. The van der Waals surface area contributed by atoms with Crippen LogP contribution < -0.4 is 5.32 Å². The molecule has 1 unspecified atom stereocenters. The molecule has 3 fully saturated rings. The van der Waals surface area contributed by atoms with Gasteiger partial charge in [0, 0.05) is 36.8 Å². The first kappa shape index (κ1) is 14.3. The first-order valence-electron chi connectivity index (χ1n) is 7.12. The fraction of sp³-hybridized carbons (Fsp3) is 0.571. The Hall–Kier alpha value is -1.60. The number of halogens is 2. The zero-order valence-corrected chi connectivity index (χ0v) is 11.5. The van der Waals surface area contributed by atoms with Gasteiger partial charge in [0.2, 0.25) is 5.82 Å². The molecule has 0 radical (unpaired) electrons. The van der Waals surface area contributed by atoms with Gasteiger partial charge in [0.1, 0.15) is 5.82 Å². The maximum Gasteiger partial charge on any atom is 0.305 e. The molecule has 114 valence electrons. The SMILES string of the molecule is O=[N+]([O-])c1cc(CNC2CN3CCC2CC3)c(F)cc1F. The van der Waals surface area contributed by atoms with E-state index in [4.69, 9.17) is 0 Å². The van der Waals surface area contributed by atoms with Gasteiger partial charge in [0.25, 0.3) is 0 Å². The van der Waals surface area contributed by atoms with Gasteiger partial charge in [-0.1, -0.05) is 0 Å². The number of hydrogen-bond donors (Lipinski definition) is 1. The standard InChI is InChI=1S/C14H17F2N3O2/c15-11-6-12(16)14(19(20)21)5-10(11)7-17-13-8-18-3-1-9(13)2-4-18/h5-6,9,13,17H,1-4,7-8H2. The summed E-state index contributed by atoms with van der Waals surface area (Å²) in [5.74, 6) is -1.30. The highest BCUT2D eigenvalue weighted by Gasteiger charge is 2.33. The lowest BCUT2D eigenvalue weighted by Crippen LogP contribution is -2.55. The molecular formula is C14H17F2N3O2. The third-order valence-electron chi connectivity index (χ3n) is 4.52. The van der Waals surface area contributed by atoms with Crippen LogP contribution in [-0.4, -0.2) is 35.5 Å². The van der Waals surface area contributed by atoms with Crippen LogP contribution >= 0.6 is 0 Å². The molecule has 3 aliphatic rings. The molecule has 0 spiro atoms. The number of fused-ring (bicyclic) bond motifs is 3. The predicted molar refractivity (Wildman–Crippen MR) is 72.8 cm³/mol. The lowest BCUT2D eigenvalue weighted by molar-refractivity contribution is -0.387. The lowest BCUT2D eigenvalue weighted by Gasteiger charge is -2.45. The Bertz CT molecular complexity index is 559. The largest absolute Gasteiger partial charge is 0.308 e. The normalized spacial score (nSPS) is 27.8. The van der Waals surface area contributed by atoms with Crippen molar-refractivity contribution in [3.8, 4) is 0 Å². The molecule has 1 N–H and O–H groups in total. The maximum absolute atomic E-state index is 13.7. The van der Waals surface area contributed by atoms with E-state index in [0.717, 1.165) is 38.5 Å². The van der Waals surface area contributed by atoms with E-state index in [0.29, 0.717) is 12.0 Å². The molecule has 0 saturated carbocycles. The van der Waals surface area contributed by atoms with Crippen molar-refractivity contribution in [1.29, 1.82) is 0 Å². The average Bonchev–Trinajstić information content (AvgIpc) is 2.47. The van der Waals surface area contributed by atoms with Crippen molar-refractivity contribution in [1.82, 2.24) is 10.2 Å². The first-order valence-corrected chi connectivity index (χ1v) is 7.12. The highest BCUT2D eigenvalue weighted by Crippen LogP contribution is 2.28. The Labute approximate surface area is 121 Å². The fourth-order valence-electron chi connectivity index (χ4n) is 3.29. The molecule has 3 saturated heterocycles. The molecule has 1 aromatic rings. The Balaban J connectivity index is 1.70. The molecule has 1 aromatic carbocycles. The Morgan fingerprint density at radius 2 is 2.00 bits per heavy atom. The number of nitrogens with zero attached hydrogens (tertiary/aromatic N) is 2. The van der Waals surface area contributed by atoms with E-state index in [1.165, 1.54) is 0 Å². The second-order valence-corrected chi connectivity index (χ2v) is 5.78. The number of nitro benzene ring substituents is 1. The molecular weight excluding hydrogens is 280 g/mol. The number of rotatable bonds is 4. The Morgan fingerprint density at radius 1 is 1.29 bits per heavy atom. The highest BCUT2D eigenvalue weighted by atomic mass is 19.1. The summed E-state index contributed by atoms with van der Waals surface area (Å²) in [5, 5.41) is 14.0. The third-order valence-corrected chi connectivity index (χ3v) is 4.52. The number of benzene rings is 1. The van der Waals surface area contributed by atoms with Crippen molar-refractivity contribution in [2.45, 2.75) is 25.4 Å². The summed E-state index contributed by atoms with van der Waals surface area (Å²) in [6.07, 6.45) is 2.26. The first-order chi connectivity index (χ1) is 10.0. The fourth-order valence-corrected chi connectivity index (χ4v) is 3.29. The van der Waals surface area contributed by atoms with Crippen LogP contribution in [0.25, 0.3) is 0 Å². The third kappa shape index (κ3) is 2.89. The summed E-state index contributed by atoms with van der Waals surface area (Å²) in [4.78, 5) is 12.2. The van der Waals surface area contributed by atoms with E-state index in [2.05, 4.69) is 10.2 Å². The van der Waals surface area contributed by atoms with Crippen LogP contribution in [0.1, 0.15) is 18.4 Å². The zero-order valence-electron chi connectivity index (χ0n) is 11.5. The topological polar surface area (TPSA) is 58.4 Å². The van der Waals surface area contributed by atoms with E-state index >= 15 is 0 Å². The molecule has 1 atom stereocenters. The molecule has 0 aliphatic carbocycles. The van der Waals surface area contributed by atoms with E-state index < -0.39 is 22.2 Å². The molecule has 4 rings (SSSR count). The summed E-state index contributed by atoms with van der Waals surface area (Å²) in [5.41, 5.74) is -0.540. The van der Waals surface area contributed by atoms with Gasteiger partial charge in [0.05, 0.1) is 4.92 Å². The van der Waals surface area contributed by atoms with Crippen LogP contribution in [0.2, 0.25) is 0 Å². The smallest absolute Gasteiger partial charge is 0.305 e. The molecule has 3 heterocycles. The molecule has 21 heavy (non-hydrogen) atoms. The number of hydrogen-bond acceptors (Lipinski definition) is 4. The second kappa shape index (κ2) is 5.65. The van der Waals surface area contributed by atoms with Gasteiger partial charge in [-0.15, -0.1) is 0 Å². The number of piperidine rings is 3.